The highest BCUT2D eigenvalue weighted by atomic mass is 16.1. The van der Waals surface area contributed by atoms with Gasteiger partial charge in [-0.1, -0.05) is 35.5 Å². The SMILES string of the molecule is C=C1CCC=C(C)CCC=C(C)CCC1C(C)=O. The standard InChI is InChI=1S/C17H26O/c1-13-7-5-8-14(2)11-12-17(16(4)18)15(3)10-6-9-13/h8-9,17H,3,5-7,10-12H2,1-2,4H3. The molecule has 0 bridgehead atoms. The minimum atomic E-state index is 0.0569. The molecule has 0 fully saturated rings. The molecule has 0 aromatic rings. The summed E-state index contributed by atoms with van der Waals surface area (Å²) < 4.78 is 0. The number of hydrogen-bond donors (Lipinski definition) is 0. The lowest BCUT2D eigenvalue weighted by atomic mass is 9.87. The maximum atomic E-state index is 11.7. The molecule has 100 valence electrons. The zero-order chi connectivity index (χ0) is 13.5. The fourth-order valence-electron chi connectivity index (χ4n) is 2.50. The zero-order valence-electron chi connectivity index (χ0n) is 12.1. The average molecular weight is 246 g/mol. The van der Waals surface area contributed by atoms with Gasteiger partial charge in [0, 0.05) is 5.92 Å². The van der Waals surface area contributed by atoms with Crippen LogP contribution in [-0.4, -0.2) is 5.78 Å². The predicted octanol–water partition coefficient (Wildman–Crippen LogP) is 4.99. The number of carbonyl (C=O) groups is 1. The van der Waals surface area contributed by atoms with Crippen LogP contribution in [0.2, 0.25) is 0 Å². The van der Waals surface area contributed by atoms with E-state index in [1.54, 1.807) is 6.92 Å². The molecular weight excluding hydrogens is 220 g/mol. The number of Topliss-reactive ketones (excluding diaryl/α,β-unsaturated/α-hetero) is 1. The normalized spacial score (nSPS) is 23.5. The molecular formula is C17H26O. The lowest BCUT2D eigenvalue weighted by Crippen LogP contribution is -2.13. The minimum absolute atomic E-state index is 0.0569. The van der Waals surface area contributed by atoms with Gasteiger partial charge >= 0.3 is 0 Å². The third-order valence-electron chi connectivity index (χ3n) is 3.80. The Labute approximate surface area is 112 Å². The van der Waals surface area contributed by atoms with Crippen molar-refractivity contribution in [3.8, 4) is 0 Å². The van der Waals surface area contributed by atoms with E-state index < -0.39 is 0 Å². The highest BCUT2D eigenvalue weighted by molar-refractivity contribution is 5.81. The van der Waals surface area contributed by atoms with E-state index in [1.165, 1.54) is 11.1 Å². The molecule has 1 unspecified atom stereocenters. The van der Waals surface area contributed by atoms with Gasteiger partial charge in [0.15, 0.2) is 0 Å². The largest absolute Gasteiger partial charge is 0.299 e. The molecule has 0 heterocycles. The Balaban J connectivity index is 2.79. The quantitative estimate of drug-likeness (QED) is 0.595. The Kier molecular flexibility index (Phi) is 6.11. The highest BCUT2D eigenvalue weighted by Crippen LogP contribution is 2.25. The predicted molar refractivity (Wildman–Crippen MR) is 78.5 cm³/mol. The van der Waals surface area contributed by atoms with Crippen molar-refractivity contribution in [2.24, 2.45) is 5.92 Å². The Morgan fingerprint density at radius 1 is 1.11 bits per heavy atom. The van der Waals surface area contributed by atoms with Crippen LogP contribution in [0.1, 0.15) is 59.3 Å². The number of hydrogen-bond acceptors (Lipinski definition) is 1. The van der Waals surface area contributed by atoms with E-state index in [4.69, 9.17) is 0 Å². The van der Waals surface area contributed by atoms with Crippen LogP contribution in [0.4, 0.5) is 0 Å². The topological polar surface area (TPSA) is 17.1 Å². The molecule has 1 nitrogen and oxygen atoms in total. The first-order chi connectivity index (χ1) is 8.50. The van der Waals surface area contributed by atoms with Gasteiger partial charge in [0.1, 0.15) is 5.78 Å². The summed E-state index contributed by atoms with van der Waals surface area (Å²) in [6.07, 6.45) is 10.8. The summed E-state index contributed by atoms with van der Waals surface area (Å²) in [5, 5.41) is 0. The second-order valence-electron chi connectivity index (χ2n) is 5.54. The number of allylic oxidation sites excluding steroid dienone is 5. The van der Waals surface area contributed by atoms with Crippen LogP contribution in [0.15, 0.2) is 35.5 Å². The molecule has 1 rings (SSSR count). The van der Waals surface area contributed by atoms with Gasteiger partial charge in [-0.05, 0) is 59.3 Å². The molecule has 0 saturated heterocycles. The maximum Gasteiger partial charge on any atom is 0.136 e. The third-order valence-corrected chi connectivity index (χ3v) is 3.80. The van der Waals surface area contributed by atoms with Gasteiger partial charge in [-0.15, -0.1) is 0 Å². The van der Waals surface area contributed by atoms with Crippen molar-refractivity contribution in [2.75, 3.05) is 0 Å². The summed E-state index contributed by atoms with van der Waals surface area (Å²) in [6.45, 7) is 10.2. The van der Waals surface area contributed by atoms with Gasteiger partial charge in [-0.3, -0.25) is 4.79 Å². The Hall–Kier alpha value is -1.11. The van der Waals surface area contributed by atoms with E-state index in [2.05, 4.69) is 32.6 Å². The zero-order valence-corrected chi connectivity index (χ0v) is 12.1. The number of ketones is 1. The number of rotatable bonds is 1. The second kappa shape index (κ2) is 7.35. The van der Waals surface area contributed by atoms with Crippen LogP contribution >= 0.6 is 0 Å². The second-order valence-corrected chi connectivity index (χ2v) is 5.54. The first kappa shape index (κ1) is 14.9. The molecule has 0 aromatic heterocycles. The molecule has 0 saturated carbocycles. The van der Waals surface area contributed by atoms with E-state index >= 15 is 0 Å². The van der Waals surface area contributed by atoms with E-state index in [0.29, 0.717) is 0 Å². The van der Waals surface area contributed by atoms with Crippen LogP contribution in [-0.2, 0) is 4.79 Å². The average Bonchev–Trinajstić information content (AvgIpc) is 2.27. The first-order valence-electron chi connectivity index (χ1n) is 7.00. The van der Waals surface area contributed by atoms with Gasteiger partial charge in [-0.25, -0.2) is 0 Å². The highest BCUT2D eigenvalue weighted by Gasteiger charge is 2.17. The maximum absolute atomic E-state index is 11.7. The van der Waals surface area contributed by atoms with Crippen LogP contribution in [0.25, 0.3) is 0 Å². The fourth-order valence-corrected chi connectivity index (χ4v) is 2.50. The Morgan fingerprint density at radius 3 is 2.28 bits per heavy atom. The van der Waals surface area contributed by atoms with E-state index in [-0.39, 0.29) is 11.7 Å². The van der Waals surface area contributed by atoms with Gasteiger partial charge in [0.25, 0.3) is 0 Å². The number of carbonyl (C=O) groups excluding carboxylic acids is 1. The first-order valence-corrected chi connectivity index (χ1v) is 7.00. The van der Waals surface area contributed by atoms with Crippen LogP contribution in [0.5, 0.6) is 0 Å². The van der Waals surface area contributed by atoms with E-state index in [0.717, 1.165) is 44.1 Å². The summed E-state index contributed by atoms with van der Waals surface area (Å²) in [5.41, 5.74) is 3.97. The van der Waals surface area contributed by atoms with Crippen molar-refractivity contribution in [2.45, 2.75) is 59.3 Å². The Bertz CT molecular complexity index is 371. The molecule has 0 aromatic carbocycles. The fraction of sp³-hybridized carbons (Fsp3) is 0.588. The summed E-state index contributed by atoms with van der Waals surface area (Å²) in [6, 6.07) is 0. The third kappa shape index (κ3) is 5.03. The van der Waals surface area contributed by atoms with Crippen LogP contribution in [0.3, 0.4) is 0 Å². The monoisotopic (exact) mass is 246 g/mol. The minimum Gasteiger partial charge on any atom is -0.299 e. The van der Waals surface area contributed by atoms with Crippen molar-refractivity contribution in [3.05, 3.63) is 35.5 Å². The van der Waals surface area contributed by atoms with E-state index in [1.807, 2.05) is 0 Å². The van der Waals surface area contributed by atoms with Crippen molar-refractivity contribution < 1.29 is 4.79 Å². The molecule has 0 aliphatic heterocycles. The van der Waals surface area contributed by atoms with Crippen molar-refractivity contribution in [1.29, 1.82) is 0 Å². The van der Waals surface area contributed by atoms with Gasteiger partial charge in [0.2, 0.25) is 0 Å². The van der Waals surface area contributed by atoms with Crippen LogP contribution in [0, 0.1) is 5.92 Å². The van der Waals surface area contributed by atoms with Gasteiger partial charge in [0.05, 0.1) is 0 Å². The smallest absolute Gasteiger partial charge is 0.136 e. The van der Waals surface area contributed by atoms with Crippen molar-refractivity contribution in [1.82, 2.24) is 0 Å². The molecule has 1 aliphatic carbocycles. The molecule has 0 radical (unpaired) electrons. The summed E-state index contributed by atoms with van der Waals surface area (Å²) in [5.74, 6) is 0.326. The lowest BCUT2D eigenvalue weighted by Gasteiger charge is -2.17. The van der Waals surface area contributed by atoms with Crippen LogP contribution < -0.4 is 0 Å². The molecule has 1 atom stereocenters. The van der Waals surface area contributed by atoms with Crippen molar-refractivity contribution in [3.63, 3.8) is 0 Å². The van der Waals surface area contributed by atoms with Gasteiger partial charge in [-0.2, -0.15) is 0 Å². The molecule has 18 heavy (non-hydrogen) atoms. The molecule has 1 aliphatic rings. The lowest BCUT2D eigenvalue weighted by molar-refractivity contribution is -0.119. The summed E-state index contributed by atoms with van der Waals surface area (Å²) in [4.78, 5) is 11.7. The molecule has 0 N–H and O–H groups in total. The molecule has 1 heteroatoms. The Morgan fingerprint density at radius 2 is 1.67 bits per heavy atom. The molecule has 0 amide bonds. The summed E-state index contributed by atoms with van der Waals surface area (Å²) in [7, 11) is 0. The van der Waals surface area contributed by atoms with Crippen molar-refractivity contribution >= 4 is 5.78 Å². The van der Waals surface area contributed by atoms with Gasteiger partial charge < -0.3 is 0 Å². The summed E-state index contributed by atoms with van der Waals surface area (Å²) >= 11 is 0. The molecule has 0 spiro atoms. The van der Waals surface area contributed by atoms with E-state index in [9.17, 15) is 4.79 Å².